The third-order valence-electron chi connectivity index (χ3n) is 3.50. The number of aromatic nitrogens is 2. The number of aryl methyl sites for hydroxylation is 1. The normalized spacial score (nSPS) is 12.2. The molecule has 0 saturated heterocycles. The van der Waals surface area contributed by atoms with Gasteiger partial charge >= 0.3 is 5.76 Å². The smallest absolute Gasteiger partial charge is 0.437 e. The van der Waals surface area contributed by atoms with Crippen LogP contribution in [0.3, 0.4) is 0 Å². The Bertz CT molecular complexity index is 818. The van der Waals surface area contributed by atoms with Gasteiger partial charge in [-0.25, -0.2) is 4.79 Å². The largest absolute Gasteiger partial charge is 0.491 e. The van der Waals surface area contributed by atoms with Crippen LogP contribution in [-0.4, -0.2) is 27.6 Å². The molecular weight excluding hydrogens is 312 g/mol. The molecule has 126 valence electrons. The first-order valence-corrected chi connectivity index (χ1v) is 7.67. The van der Waals surface area contributed by atoms with Crippen molar-refractivity contribution < 1.29 is 18.7 Å². The molecule has 1 aromatic carbocycles. The van der Waals surface area contributed by atoms with Crippen molar-refractivity contribution in [2.45, 2.75) is 26.0 Å². The Balaban J connectivity index is 1.58. The van der Waals surface area contributed by atoms with E-state index in [0.29, 0.717) is 11.5 Å². The number of hydrogen-bond acceptors (Lipinski definition) is 6. The lowest BCUT2D eigenvalue weighted by Gasteiger charge is -2.11. The van der Waals surface area contributed by atoms with Gasteiger partial charge in [-0.1, -0.05) is 19.1 Å². The summed E-state index contributed by atoms with van der Waals surface area (Å²) in [6.07, 6.45) is 1.51. The number of aliphatic hydroxyl groups excluding tert-OH is 1. The van der Waals surface area contributed by atoms with Crippen LogP contribution in [-0.2, 0) is 13.0 Å². The van der Waals surface area contributed by atoms with Gasteiger partial charge in [0.05, 0.1) is 12.8 Å². The van der Waals surface area contributed by atoms with Crippen molar-refractivity contribution in [1.82, 2.24) is 9.78 Å². The van der Waals surface area contributed by atoms with Gasteiger partial charge in [0.2, 0.25) is 0 Å². The fraction of sp³-hybridized carbons (Fsp3) is 0.294. The molecule has 3 rings (SSSR count). The molecule has 0 spiro atoms. The number of benzene rings is 1. The summed E-state index contributed by atoms with van der Waals surface area (Å²) in [6.45, 7) is 2.09. The van der Waals surface area contributed by atoms with Gasteiger partial charge in [0.25, 0.3) is 5.89 Å². The highest BCUT2D eigenvalue weighted by molar-refractivity contribution is 5.42. The maximum Gasteiger partial charge on any atom is 0.437 e. The van der Waals surface area contributed by atoms with Crippen molar-refractivity contribution in [2.75, 3.05) is 6.61 Å². The van der Waals surface area contributed by atoms with Gasteiger partial charge in [-0.2, -0.15) is 4.68 Å². The molecule has 0 bridgehead atoms. The van der Waals surface area contributed by atoms with E-state index in [1.807, 2.05) is 24.3 Å². The molecule has 0 amide bonds. The van der Waals surface area contributed by atoms with Gasteiger partial charge in [-0.05, 0) is 36.2 Å². The average molecular weight is 330 g/mol. The standard InChI is InChI=1S/C17H18N2O5/c1-2-12-5-7-14(8-6-12)23-11-13(20)10-19-17(21)24-16(18-19)15-4-3-9-22-15/h3-9,13,20H,2,10-11H2,1H3. The molecule has 2 heterocycles. The molecule has 1 atom stereocenters. The van der Waals surface area contributed by atoms with Crippen molar-refractivity contribution >= 4 is 0 Å². The van der Waals surface area contributed by atoms with Gasteiger partial charge in [0.1, 0.15) is 18.5 Å². The zero-order valence-corrected chi connectivity index (χ0v) is 13.2. The monoisotopic (exact) mass is 330 g/mol. The highest BCUT2D eigenvalue weighted by Gasteiger charge is 2.15. The summed E-state index contributed by atoms with van der Waals surface area (Å²) < 4.78 is 16.7. The van der Waals surface area contributed by atoms with Crippen molar-refractivity contribution in [3.63, 3.8) is 0 Å². The molecule has 0 saturated carbocycles. The highest BCUT2D eigenvalue weighted by atomic mass is 16.5. The molecule has 0 aliphatic carbocycles. The van der Waals surface area contributed by atoms with Crippen LogP contribution >= 0.6 is 0 Å². The molecule has 0 aliphatic rings. The van der Waals surface area contributed by atoms with Crippen LogP contribution in [0.5, 0.6) is 5.75 Å². The fourth-order valence-electron chi connectivity index (χ4n) is 2.19. The molecule has 7 heteroatoms. The van der Waals surface area contributed by atoms with E-state index >= 15 is 0 Å². The van der Waals surface area contributed by atoms with Gasteiger partial charge in [0.15, 0.2) is 5.76 Å². The second-order valence-corrected chi connectivity index (χ2v) is 5.29. The molecule has 0 radical (unpaired) electrons. The maximum atomic E-state index is 11.8. The van der Waals surface area contributed by atoms with Crippen molar-refractivity contribution in [1.29, 1.82) is 0 Å². The highest BCUT2D eigenvalue weighted by Crippen LogP contribution is 2.15. The van der Waals surface area contributed by atoms with E-state index in [1.54, 1.807) is 12.1 Å². The van der Waals surface area contributed by atoms with Crippen LogP contribution in [0.25, 0.3) is 11.7 Å². The molecule has 1 N–H and O–H groups in total. The summed E-state index contributed by atoms with van der Waals surface area (Å²) in [5.74, 6) is 0.434. The van der Waals surface area contributed by atoms with E-state index in [4.69, 9.17) is 13.6 Å². The molecule has 0 aliphatic heterocycles. The van der Waals surface area contributed by atoms with Crippen LogP contribution in [0, 0.1) is 0 Å². The molecule has 1 unspecified atom stereocenters. The Morgan fingerprint density at radius 2 is 2.08 bits per heavy atom. The van der Waals surface area contributed by atoms with Crippen LogP contribution in [0.2, 0.25) is 0 Å². The van der Waals surface area contributed by atoms with E-state index in [-0.39, 0.29) is 19.0 Å². The lowest BCUT2D eigenvalue weighted by Crippen LogP contribution is -2.29. The summed E-state index contributed by atoms with van der Waals surface area (Å²) in [5, 5.41) is 14.0. The van der Waals surface area contributed by atoms with Gasteiger partial charge < -0.3 is 18.7 Å². The quantitative estimate of drug-likeness (QED) is 0.713. The van der Waals surface area contributed by atoms with Gasteiger partial charge in [-0.15, -0.1) is 5.10 Å². The number of furan rings is 1. The number of nitrogens with zero attached hydrogens (tertiary/aromatic N) is 2. The van der Waals surface area contributed by atoms with Crippen molar-refractivity contribution in [2.24, 2.45) is 0 Å². The first-order valence-electron chi connectivity index (χ1n) is 7.67. The SMILES string of the molecule is CCc1ccc(OCC(O)Cn2nc(-c3ccco3)oc2=O)cc1. The third-order valence-corrected chi connectivity index (χ3v) is 3.50. The second kappa shape index (κ2) is 7.18. The minimum atomic E-state index is -0.900. The van der Waals surface area contributed by atoms with E-state index in [1.165, 1.54) is 11.8 Å². The number of hydrogen-bond donors (Lipinski definition) is 1. The Hall–Kier alpha value is -2.80. The van der Waals surface area contributed by atoms with Crippen LogP contribution < -0.4 is 10.5 Å². The summed E-state index contributed by atoms with van der Waals surface area (Å²) in [4.78, 5) is 11.8. The predicted molar refractivity (Wildman–Crippen MR) is 85.8 cm³/mol. The minimum Gasteiger partial charge on any atom is -0.491 e. The Labute approximate surface area is 138 Å². The molecule has 2 aromatic heterocycles. The Morgan fingerprint density at radius 1 is 1.29 bits per heavy atom. The van der Waals surface area contributed by atoms with Crippen molar-refractivity contribution in [3.05, 3.63) is 58.8 Å². The first kappa shape index (κ1) is 16.1. The van der Waals surface area contributed by atoms with E-state index in [2.05, 4.69) is 12.0 Å². The summed E-state index contributed by atoms with van der Waals surface area (Å²) in [6, 6.07) is 10.9. The van der Waals surface area contributed by atoms with Crippen LogP contribution in [0.15, 0.2) is 56.3 Å². The van der Waals surface area contributed by atoms with Crippen LogP contribution in [0.4, 0.5) is 0 Å². The first-order chi connectivity index (χ1) is 11.7. The summed E-state index contributed by atoms with van der Waals surface area (Å²) in [7, 11) is 0. The average Bonchev–Trinajstić information content (AvgIpc) is 3.24. The summed E-state index contributed by atoms with van der Waals surface area (Å²) in [5.41, 5.74) is 1.21. The lowest BCUT2D eigenvalue weighted by molar-refractivity contribution is 0.0875. The molecular formula is C17H18N2O5. The predicted octanol–water partition coefficient (Wildman–Crippen LogP) is 2.10. The number of rotatable bonds is 7. The van der Waals surface area contributed by atoms with Gasteiger partial charge in [-0.3, -0.25) is 0 Å². The Morgan fingerprint density at radius 3 is 2.75 bits per heavy atom. The summed E-state index contributed by atoms with van der Waals surface area (Å²) >= 11 is 0. The maximum absolute atomic E-state index is 11.8. The van der Waals surface area contributed by atoms with Crippen molar-refractivity contribution in [3.8, 4) is 17.4 Å². The second-order valence-electron chi connectivity index (χ2n) is 5.29. The number of aliphatic hydroxyl groups is 1. The van der Waals surface area contributed by atoms with Crippen LogP contribution in [0.1, 0.15) is 12.5 Å². The molecule has 24 heavy (non-hydrogen) atoms. The van der Waals surface area contributed by atoms with E-state index < -0.39 is 11.9 Å². The minimum absolute atomic E-state index is 0.0317. The lowest BCUT2D eigenvalue weighted by atomic mass is 10.2. The third kappa shape index (κ3) is 3.75. The topological polar surface area (TPSA) is 90.6 Å². The Kier molecular flexibility index (Phi) is 4.81. The molecule has 0 fully saturated rings. The zero-order valence-electron chi connectivity index (χ0n) is 13.2. The zero-order chi connectivity index (χ0) is 16.9. The van der Waals surface area contributed by atoms with E-state index in [0.717, 1.165) is 11.1 Å². The fourth-order valence-corrected chi connectivity index (χ4v) is 2.19. The molecule has 3 aromatic rings. The number of ether oxygens (including phenoxy) is 1. The molecule has 7 nitrogen and oxygen atoms in total. The van der Waals surface area contributed by atoms with E-state index in [9.17, 15) is 9.90 Å². The van der Waals surface area contributed by atoms with Gasteiger partial charge in [0, 0.05) is 0 Å².